The molecule has 0 aliphatic carbocycles. The molecule has 2 aromatic rings. The summed E-state index contributed by atoms with van der Waals surface area (Å²) in [6, 6.07) is 11.3. The number of nitrogens with one attached hydrogen (secondary N) is 1. The quantitative estimate of drug-likeness (QED) is 0.694. The number of carbonyl (C=O) groups is 1. The van der Waals surface area contributed by atoms with Crippen molar-refractivity contribution in [3.63, 3.8) is 0 Å². The van der Waals surface area contributed by atoms with Crippen LogP contribution in [0.25, 0.3) is 0 Å². The summed E-state index contributed by atoms with van der Waals surface area (Å²) in [5.74, 6) is -0.401. The summed E-state index contributed by atoms with van der Waals surface area (Å²) < 4.78 is 49.8. The van der Waals surface area contributed by atoms with Crippen LogP contribution in [0.1, 0.15) is 35.8 Å². The van der Waals surface area contributed by atoms with Crippen molar-refractivity contribution in [1.82, 2.24) is 9.62 Å². The van der Waals surface area contributed by atoms with E-state index in [-0.39, 0.29) is 21.9 Å². The van der Waals surface area contributed by atoms with Gasteiger partial charge in [0.15, 0.2) is 0 Å². The fourth-order valence-electron chi connectivity index (χ4n) is 2.62. The van der Waals surface area contributed by atoms with Crippen LogP contribution in [-0.4, -0.2) is 41.2 Å². The van der Waals surface area contributed by atoms with Gasteiger partial charge in [-0.05, 0) is 42.8 Å². The van der Waals surface area contributed by atoms with Gasteiger partial charge in [0.1, 0.15) is 0 Å². The topological polar surface area (TPSA) is 127 Å². The first-order valence-corrected chi connectivity index (χ1v) is 11.5. The molecule has 0 saturated carbocycles. The molecule has 0 fully saturated rings. The second-order valence-electron chi connectivity index (χ2n) is 6.24. The van der Waals surface area contributed by atoms with Gasteiger partial charge in [-0.1, -0.05) is 25.1 Å². The first-order valence-electron chi connectivity index (χ1n) is 8.47. The highest BCUT2D eigenvalue weighted by Gasteiger charge is 2.22. The molecule has 8 nitrogen and oxygen atoms in total. The highest BCUT2D eigenvalue weighted by molar-refractivity contribution is 7.89. The molecule has 0 aliphatic rings. The number of nitrogens with two attached hydrogens (primary N) is 1. The lowest BCUT2D eigenvalue weighted by atomic mass is 10.1. The SMILES string of the molecule is CCNS(=O)(=O)c1cccc(C(=O)N(C)C(C)c2cccc(S(N)(=O)=O)c2)c1. The first kappa shape index (κ1) is 22.0. The molecular formula is C18H23N3O5S2. The molecule has 0 aromatic heterocycles. The lowest BCUT2D eigenvalue weighted by Crippen LogP contribution is -2.30. The minimum Gasteiger partial charge on any atom is -0.335 e. The summed E-state index contributed by atoms with van der Waals surface area (Å²) in [5.41, 5.74) is 0.787. The molecule has 2 aromatic carbocycles. The standard InChI is InChI=1S/C18H23N3O5S2/c1-4-20-28(25,26)17-10-6-8-15(12-17)18(22)21(3)13(2)14-7-5-9-16(11-14)27(19,23)24/h5-13,20H,4H2,1-3H3,(H2,19,23,24). The van der Waals surface area contributed by atoms with Crippen molar-refractivity contribution in [1.29, 1.82) is 0 Å². The van der Waals surface area contributed by atoms with E-state index in [0.29, 0.717) is 5.56 Å². The van der Waals surface area contributed by atoms with E-state index in [1.807, 2.05) is 0 Å². The Hall–Kier alpha value is -2.27. The molecule has 152 valence electrons. The Morgan fingerprint density at radius 2 is 1.68 bits per heavy atom. The van der Waals surface area contributed by atoms with Crippen LogP contribution < -0.4 is 9.86 Å². The maximum atomic E-state index is 12.8. The smallest absolute Gasteiger partial charge is 0.254 e. The summed E-state index contributed by atoms with van der Waals surface area (Å²) in [6.45, 7) is 3.63. The van der Waals surface area contributed by atoms with E-state index in [1.165, 1.54) is 41.3 Å². The number of carbonyl (C=O) groups excluding carboxylic acids is 1. The minimum atomic E-state index is -3.86. The van der Waals surface area contributed by atoms with Gasteiger partial charge < -0.3 is 4.90 Å². The average Bonchev–Trinajstić information content (AvgIpc) is 2.65. The molecule has 0 spiro atoms. The van der Waals surface area contributed by atoms with Gasteiger partial charge in [-0.2, -0.15) is 0 Å². The second-order valence-corrected chi connectivity index (χ2v) is 9.57. The number of sulfonamides is 2. The van der Waals surface area contributed by atoms with Crippen LogP contribution in [0.2, 0.25) is 0 Å². The molecule has 1 unspecified atom stereocenters. The van der Waals surface area contributed by atoms with Gasteiger partial charge in [-0.3, -0.25) is 4.79 Å². The Morgan fingerprint density at radius 1 is 1.07 bits per heavy atom. The van der Waals surface area contributed by atoms with Crippen molar-refractivity contribution < 1.29 is 21.6 Å². The monoisotopic (exact) mass is 425 g/mol. The summed E-state index contributed by atoms with van der Waals surface area (Å²) >= 11 is 0. The number of rotatable bonds is 7. The van der Waals surface area contributed by atoms with Crippen LogP contribution in [-0.2, 0) is 20.0 Å². The third-order valence-electron chi connectivity index (χ3n) is 4.30. The maximum Gasteiger partial charge on any atom is 0.254 e. The van der Waals surface area contributed by atoms with E-state index in [0.717, 1.165) is 0 Å². The second kappa shape index (κ2) is 8.39. The Kier molecular flexibility index (Phi) is 6.60. The molecule has 0 heterocycles. The highest BCUT2D eigenvalue weighted by Crippen LogP contribution is 2.23. The van der Waals surface area contributed by atoms with Gasteiger partial charge in [0.05, 0.1) is 15.8 Å². The number of hydrogen-bond donors (Lipinski definition) is 2. The van der Waals surface area contributed by atoms with E-state index in [4.69, 9.17) is 5.14 Å². The summed E-state index contributed by atoms with van der Waals surface area (Å²) in [6.07, 6.45) is 0. The normalized spacial score (nSPS) is 13.1. The van der Waals surface area contributed by atoms with Crippen molar-refractivity contribution in [2.24, 2.45) is 5.14 Å². The fraction of sp³-hybridized carbons (Fsp3) is 0.278. The van der Waals surface area contributed by atoms with Crippen molar-refractivity contribution in [2.45, 2.75) is 29.7 Å². The van der Waals surface area contributed by atoms with Crippen LogP contribution in [0.3, 0.4) is 0 Å². The number of benzene rings is 2. The van der Waals surface area contributed by atoms with E-state index in [9.17, 15) is 21.6 Å². The van der Waals surface area contributed by atoms with Gasteiger partial charge in [0, 0.05) is 19.2 Å². The molecule has 10 heteroatoms. The first-order chi connectivity index (χ1) is 13.0. The number of amides is 1. The predicted octanol–water partition coefficient (Wildman–Crippen LogP) is 1.47. The van der Waals surface area contributed by atoms with Crippen LogP contribution in [0, 0.1) is 0 Å². The molecule has 0 radical (unpaired) electrons. The lowest BCUT2D eigenvalue weighted by Gasteiger charge is -2.26. The van der Waals surface area contributed by atoms with Gasteiger partial charge in [0.2, 0.25) is 20.0 Å². The molecule has 1 atom stereocenters. The Labute approximate surface area is 165 Å². The van der Waals surface area contributed by atoms with Crippen LogP contribution in [0.15, 0.2) is 58.3 Å². The van der Waals surface area contributed by atoms with Gasteiger partial charge >= 0.3 is 0 Å². The zero-order valence-electron chi connectivity index (χ0n) is 15.8. The molecule has 0 saturated heterocycles. The van der Waals surface area contributed by atoms with E-state index in [1.54, 1.807) is 33.0 Å². The average molecular weight is 426 g/mol. The lowest BCUT2D eigenvalue weighted by molar-refractivity contribution is 0.0742. The van der Waals surface area contributed by atoms with Crippen LogP contribution in [0.5, 0.6) is 0 Å². The van der Waals surface area contributed by atoms with E-state index in [2.05, 4.69) is 4.72 Å². The Balaban J connectivity index is 2.32. The summed E-state index contributed by atoms with van der Waals surface area (Å²) in [5, 5.41) is 5.16. The Morgan fingerprint density at radius 3 is 2.29 bits per heavy atom. The third-order valence-corrected chi connectivity index (χ3v) is 6.75. The summed E-state index contributed by atoms with van der Waals surface area (Å²) in [7, 11) is -5.99. The van der Waals surface area contributed by atoms with Gasteiger partial charge in [-0.15, -0.1) is 0 Å². The summed E-state index contributed by atoms with van der Waals surface area (Å²) in [4.78, 5) is 14.2. The molecule has 2 rings (SSSR count). The van der Waals surface area contributed by atoms with E-state index < -0.39 is 32.0 Å². The molecule has 0 bridgehead atoms. The van der Waals surface area contributed by atoms with Gasteiger partial charge in [-0.25, -0.2) is 26.7 Å². The van der Waals surface area contributed by atoms with Crippen molar-refractivity contribution in [3.8, 4) is 0 Å². The zero-order valence-corrected chi connectivity index (χ0v) is 17.4. The van der Waals surface area contributed by atoms with Crippen LogP contribution in [0.4, 0.5) is 0 Å². The minimum absolute atomic E-state index is 0.00234. The predicted molar refractivity (Wildman–Crippen MR) is 106 cm³/mol. The zero-order chi connectivity index (χ0) is 21.1. The van der Waals surface area contributed by atoms with E-state index >= 15 is 0 Å². The number of nitrogens with zero attached hydrogens (tertiary/aromatic N) is 1. The number of hydrogen-bond acceptors (Lipinski definition) is 5. The molecule has 3 N–H and O–H groups in total. The van der Waals surface area contributed by atoms with Crippen molar-refractivity contribution in [3.05, 3.63) is 59.7 Å². The molecular weight excluding hydrogens is 402 g/mol. The molecule has 28 heavy (non-hydrogen) atoms. The maximum absolute atomic E-state index is 12.8. The van der Waals surface area contributed by atoms with Gasteiger partial charge in [0.25, 0.3) is 5.91 Å². The molecule has 0 aliphatic heterocycles. The third kappa shape index (κ3) is 4.96. The Bertz CT molecular complexity index is 1080. The largest absolute Gasteiger partial charge is 0.335 e. The fourth-order valence-corrected chi connectivity index (χ4v) is 4.28. The molecule has 1 amide bonds. The highest BCUT2D eigenvalue weighted by atomic mass is 32.2. The van der Waals surface area contributed by atoms with Crippen molar-refractivity contribution >= 4 is 26.0 Å². The van der Waals surface area contributed by atoms with Crippen molar-refractivity contribution in [2.75, 3.05) is 13.6 Å². The van der Waals surface area contributed by atoms with Crippen LogP contribution >= 0.6 is 0 Å². The number of primary sulfonamides is 1.